The zero-order valence-corrected chi connectivity index (χ0v) is 10.4. The van der Waals surface area contributed by atoms with Crippen LogP contribution >= 0.6 is 11.6 Å². The summed E-state index contributed by atoms with van der Waals surface area (Å²) < 4.78 is 31.3. The third kappa shape index (κ3) is 2.92. The van der Waals surface area contributed by atoms with E-state index in [0.29, 0.717) is 0 Å². The summed E-state index contributed by atoms with van der Waals surface area (Å²) in [6.45, 7) is 0. The molecule has 94 valence electrons. The van der Waals surface area contributed by atoms with Gasteiger partial charge in [-0.15, -0.1) is 0 Å². The monoisotopic (exact) mass is 286 g/mol. The van der Waals surface area contributed by atoms with Gasteiger partial charge < -0.3 is 5.32 Å². The number of nitrogens with zero attached hydrogens (tertiary/aromatic N) is 3. The molecule has 1 aromatic carbocycles. The summed E-state index contributed by atoms with van der Waals surface area (Å²) in [6.07, 6.45) is 1.17. The Labute approximate surface area is 108 Å². The first-order valence-corrected chi connectivity index (χ1v) is 6.47. The third-order valence-electron chi connectivity index (χ3n) is 1.95. The van der Waals surface area contributed by atoms with Gasteiger partial charge in [-0.25, -0.2) is 9.97 Å². The Morgan fingerprint density at radius 3 is 2.61 bits per heavy atom. The molecular weight excluding hydrogens is 280 g/mol. The van der Waals surface area contributed by atoms with Gasteiger partial charge in [0.05, 0.1) is 5.69 Å². The van der Waals surface area contributed by atoms with Gasteiger partial charge in [0.2, 0.25) is 11.2 Å². The average Bonchev–Trinajstić information content (AvgIpc) is 2.28. The van der Waals surface area contributed by atoms with Crippen LogP contribution in [0.1, 0.15) is 0 Å². The minimum atomic E-state index is -4.33. The highest BCUT2D eigenvalue weighted by atomic mass is 35.5. The van der Waals surface area contributed by atoms with Crippen LogP contribution in [-0.4, -0.2) is 27.9 Å². The number of benzene rings is 1. The van der Waals surface area contributed by atoms with Gasteiger partial charge in [-0.3, -0.25) is 4.55 Å². The van der Waals surface area contributed by atoms with E-state index < -0.39 is 10.1 Å². The van der Waals surface area contributed by atoms with E-state index >= 15 is 0 Å². The van der Waals surface area contributed by atoms with E-state index in [2.05, 4.69) is 20.3 Å². The maximum absolute atomic E-state index is 11.1. The van der Waals surface area contributed by atoms with Gasteiger partial charge in [-0.05, 0) is 23.7 Å². The molecule has 2 N–H and O–H groups in total. The zero-order chi connectivity index (χ0) is 13.2. The van der Waals surface area contributed by atoms with Crippen LogP contribution in [-0.2, 0) is 10.1 Å². The number of para-hydroxylation sites is 1. The lowest BCUT2D eigenvalue weighted by molar-refractivity contribution is 0.483. The van der Waals surface area contributed by atoms with E-state index in [1.54, 1.807) is 6.07 Å². The van der Waals surface area contributed by atoms with Crippen molar-refractivity contribution >= 4 is 33.4 Å². The lowest BCUT2D eigenvalue weighted by Crippen LogP contribution is -2.05. The zero-order valence-electron chi connectivity index (χ0n) is 8.78. The Balaban J connectivity index is 2.41. The second-order valence-corrected chi connectivity index (χ2v) is 4.90. The van der Waals surface area contributed by atoms with Crippen LogP contribution < -0.4 is 5.32 Å². The maximum atomic E-state index is 11.1. The molecule has 0 saturated heterocycles. The molecule has 0 radical (unpaired) electrons. The lowest BCUT2D eigenvalue weighted by Gasteiger charge is -2.07. The SMILES string of the molecule is O=S(=O)(O)c1ccccc1Nc1ncnc(Cl)n1. The Morgan fingerprint density at radius 1 is 1.22 bits per heavy atom. The van der Waals surface area contributed by atoms with Gasteiger partial charge in [0.1, 0.15) is 11.2 Å². The molecular formula is C9H7ClN4O3S. The molecule has 0 unspecified atom stereocenters. The Hall–Kier alpha value is -1.77. The van der Waals surface area contributed by atoms with E-state index in [1.165, 1.54) is 24.5 Å². The molecule has 1 aromatic heterocycles. The first kappa shape index (κ1) is 12.7. The van der Waals surface area contributed by atoms with Gasteiger partial charge in [0, 0.05) is 0 Å². The van der Waals surface area contributed by atoms with Crippen molar-refractivity contribution < 1.29 is 13.0 Å². The van der Waals surface area contributed by atoms with Crippen LogP contribution in [0.25, 0.3) is 0 Å². The minimum Gasteiger partial charge on any atom is -0.323 e. The minimum absolute atomic E-state index is 0.0307. The standard InChI is InChI=1S/C9H7ClN4O3S/c10-8-11-5-12-9(14-8)13-6-3-1-2-4-7(6)18(15,16)17/h1-5H,(H,15,16,17)(H,11,12,13,14). The summed E-state index contributed by atoms with van der Waals surface area (Å²) in [5.74, 6) is 0.0751. The Kier molecular flexibility index (Phi) is 3.41. The molecule has 0 amide bonds. The topological polar surface area (TPSA) is 105 Å². The molecule has 9 heteroatoms. The molecule has 1 heterocycles. The van der Waals surface area contributed by atoms with Gasteiger partial charge in [0.15, 0.2) is 0 Å². The van der Waals surface area contributed by atoms with Crippen LogP contribution in [0.15, 0.2) is 35.5 Å². The van der Waals surface area contributed by atoms with Crippen LogP contribution in [0.3, 0.4) is 0 Å². The molecule has 18 heavy (non-hydrogen) atoms. The summed E-state index contributed by atoms with van der Waals surface area (Å²) in [5, 5.41) is 2.60. The molecule has 2 aromatic rings. The smallest absolute Gasteiger partial charge is 0.296 e. The summed E-state index contributed by atoms with van der Waals surface area (Å²) in [6, 6.07) is 5.79. The van der Waals surface area contributed by atoms with Crippen molar-refractivity contribution in [3.8, 4) is 0 Å². The van der Waals surface area contributed by atoms with E-state index in [1.807, 2.05) is 0 Å². The van der Waals surface area contributed by atoms with Crippen LogP contribution in [0.5, 0.6) is 0 Å². The molecule has 0 spiro atoms. The molecule has 0 aliphatic rings. The predicted molar refractivity (Wildman–Crippen MR) is 64.4 cm³/mol. The van der Waals surface area contributed by atoms with E-state index in [-0.39, 0.29) is 21.8 Å². The van der Waals surface area contributed by atoms with Crippen LogP contribution in [0, 0.1) is 0 Å². The van der Waals surface area contributed by atoms with E-state index in [0.717, 1.165) is 0 Å². The number of halogens is 1. The van der Waals surface area contributed by atoms with E-state index in [4.69, 9.17) is 16.2 Å². The molecule has 0 aliphatic carbocycles. The fraction of sp³-hybridized carbons (Fsp3) is 0. The molecule has 0 bridgehead atoms. The number of anilines is 2. The highest BCUT2D eigenvalue weighted by molar-refractivity contribution is 7.86. The summed E-state index contributed by atoms with van der Waals surface area (Å²) in [7, 11) is -4.33. The number of hydrogen-bond donors (Lipinski definition) is 2. The van der Waals surface area contributed by atoms with Crippen molar-refractivity contribution in [3.63, 3.8) is 0 Å². The second kappa shape index (κ2) is 4.84. The lowest BCUT2D eigenvalue weighted by atomic mass is 10.3. The fourth-order valence-corrected chi connectivity index (χ4v) is 2.02. The van der Waals surface area contributed by atoms with Crippen molar-refractivity contribution in [2.45, 2.75) is 4.90 Å². The molecule has 2 rings (SSSR count). The molecule has 0 aliphatic heterocycles. The number of hydrogen-bond acceptors (Lipinski definition) is 6. The number of aromatic nitrogens is 3. The summed E-state index contributed by atoms with van der Waals surface area (Å²) in [4.78, 5) is 10.8. The van der Waals surface area contributed by atoms with Crippen molar-refractivity contribution in [2.24, 2.45) is 0 Å². The van der Waals surface area contributed by atoms with E-state index in [9.17, 15) is 8.42 Å². The van der Waals surface area contributed by atoms with Crippen molar-refractivity contribution in [1.29, 1.82) is 0 Å². The normalized spacial score (nSPS) is 11.2. The Morgan fingerprint density at radius 2 is 1.94 bits per heavy atom. The quantitative estimate of drug-likeness (QED) is 0.824. The number of rotatable bonds is 3. The first-order chi connectivity index (χ1) is 8.47. The molecule has 0 fully saturated rings. The molecule has 7 nitrogen and oxygen atoms in total. The Bertz CT molecular complexity index is 677. The highest BCUT2D eigenvalue weighted by Gasteiger charge is 2.15. The van der Waals surface area contributed by atoms with Crippen molar-refractivity contribution in [3.05, 3.63) is 35.9 Å². The predicted octanol–water partition coefficient (Wildman–Crippen LogP) is 1.52. The van der Waals surface area contributed by atoms with Gasteiger partial charge in [0.25, 0.3) is 10.1 Å². The van der Waals surface area contributed by atoms with Gasteiger partial charge in [-0.1, -0.05) is 12.1 Å². The maximum Gasteiger partial charge on any atom is 0.296 e. The largest absolute Gasteiger partial charge is 0.323 e. The number of nitrogens with one attached hydrogen (secondary N) is 1. The second-order valence-electron chi connectivity index (χ2n) is 3.17. The van der Waals surface area contributed by atoms with Gasteiger partial charge >= 0.3 is 0 Å². The van der Waals surface area contributed by atoms with Crippen LogP contribution in [0.4, 0.5) is 11.6 Å². The molecule has 0 saturated carbocycles. The first-order valence-electron chi connectivity index (χ1n) is 4.65. The van der Waals surface area contributed by atoms with Crippen LogP contribution in [0.2, 0.25) is 5.28 Å². The van der Waals surface area contributed by atoms with Crippen molar-refractivity contribution in [2.75, 3.05) is 5.32 Å². The van der Waals surface area contributed by atoms with Gasteiger partial charge in [-0.2, -0.15) is 13.4 Å². The highest BCUT2D eigenvalue weighted by Crippen LogP contribution is 2.22. The summed E-state index contributed by atoms with van der Waals surface area (Å²) >= 11 is 5.57. The molecule has 0 atom stereocenters. The fourth-order valence-electron chi connectivity index (χ4n) is 1.25. The third-order valence-corrected chi connectivity index (χ3v) is 3.05. The summed E-state index contributed by atoms with van der Waals surface area (Å²) in [5.41, 5.74) is 0.141. The van der Waals surface area contributed by atoms with Crippen molar-refractivity contribution in [1.82, 2.24) is 15.0 Å². The average molecular weight is 287 g/mol.